The Kier molecular flexibility index (Phi) is 4.98. The van der Waals surface area contributed by atoms with Crippen LogP contribution in [0.3, 0.4) is 0 Å². The molecule has 0 fully saturated rings. The van der Waals surface area contributed by atoms with Gasteiger partial charge in [0.15, 0.2) is 0 Å². The van der Waals surface area contributed by atoms with Crippen molar-refractivity contribution in [1.82, 2.24) is 4.98 Å². The zero-order chi connectivity index (χ0) is 15.4. The predicted molar refractivity (Wildman–Crippen MR) is 84.3 cm³/mol. The van der Waals surface area contributed by atoms with E-state index in [2.05, 4.69) is 10.3 Å². The van der Waals surface area contributed by atoms with Crippen LogP contribution in [0.1, 0.15) is 11.1 Å². The minimum Gasteiger partial charge on any atom is -0.370 e. The molecule has 2 aromatic rings. The lowest BCUT2D eigenvalue weighted by atomic mass is 10.1. The summed E-state index contributed by atoms with van der Waals surface area (Å²) in [4.78, 5) is 14.6. The Labute approximate surface area is 132 Å². The zero-order valence-electron chi connectivity index (χ0n) is 11.3. The second-order valence-corrected chi connectivity index (χ2v) is 5.37. The molecule has 0 radical (unpaired) electrons. The van der Waals surface area contributed by atoms with E-state index in [0.717, 1.165) is 5.56 Å². The van der Waals surface area contributed by atoms with Crippen molar-refractivity contribution in [3.63, 3.8) is 0 Å². The lowest BCUT2D eigenvalue weighted by Gasteiger charge is -2.08. The van der Waals surface area contributed by atoms with E-state index < -0.39 is 4.92 Å². The number of aromatic nitrogens is 1. The first kappa shape index (κ1) is 15.5. The second kappa shape index (κ2) is 6.74. The van der Waals surface area contributed by atoms with Crippen LogP contribution in [0.25, 0.3) is 0 Å². The van der Waals surface area contributed by atoms with Crippen LogP contribution in [0.15, 0.2) is 30.5 Å². The number of nitrogens with one attached hydrogen (secondary N) is 1. The van der Waals surface area contributed by atoms with E-state index in [1.54, 1.807) is 19.1 Å². The fourth-order valence-electron chi connectivity index (χ4n) is 1.86. The van der Waals surface area contributed by atoms with E-state index in [1.807, 2.05) is 6.07 Å². The first-order chi connectivity index (χ1) is 9.97. The molecule has 1 N–H and O–H groups in total. The first-order valence-electron chi connectivity index (χ1n) is 6.26. The number of nitro groups is 1. The molecular weight excluding hydrogens is 313 g/mol. The molecule has 0 amide bonds. The van der Waals surface area contributed by atoms with E-state index in [1.165, 1.54) is 12.3 Å². The summed E-state index contributed by atoms with van der Waals surface area (Å²) in [7, 11) is 0. The molecule has 1 aromatic heterocycles. The topological polar surface area (TPSA) is 68.1 Å². The highest BCUT2D eigenvalue weighted by Crippen LogP contribution is 2.22. The summed E-state index contributed by atoms with van der Waals surface area (Å²) < 4.78 is 0. The van der Waals surface area contributed by atoms with Gasteiger partial charge in [-0.05, 0) is 31.0 Å². The molecule has 2 rings (SSSR count). The van der Waals surface area contributed by atoms with E-state index in [4.69, 9.17) is 23.2 Å². The minimum absolute atomic E-state index is 0.0528. The van der Waals surface area contributed by atoms with Crippen molar-refractivity contribution in [2.45, 2.75) is 13.3 Å². The number of aryl methyl sites for hydroxylation is 1. The summed E-state index contributed by atoms with van der Waals surface area (Å²) in [5.74, 6) is 0.470. The van der Waals surface area contributed by atoms with Crippen LogP contribution in [0.2, 0.25) is 10.0 Å². The monoisotopic (exact) mass is 325 g/mol. The summed E-state index contributed by atoms with van der Waals surface area (Å²) in [5, 5.41) is 15.1. The van der Waals surface area contributed by atoms with Gasteiger partial charge in [-0.2, -0.15) is 0 Å². The number of hydrogen-bond donors (Lipinski definition) is 1. The van der Waals surface area contributed by atoms with Gasteiger partial charge in [-0.25, -0.2) is 4.98 Å². The molecule has 0 aliphatic rings. The van der Waals surface area contributed by atoms with Gasteiger partial charge < -0.3 is 5.32 Å². The SMILES string of the molecule is Cc1cnc(NCCc2ccc(Cl)cc2Cl)cc1[N+](=O)[O-]. The van der Waals surface area contributed by atoms with Gasteiger partial charge in [-0.15, -0.1) is 0 Å². The van der Waals surface area contributed by atoms with Crippen LogP contribution in [0, 0.1) is 17.0 Å². The van der Waals surface area contributed by atoms with Crippen LogP contribution in [-0.4, -0.2) is 16.5 Å². The predicted octanol–water partition coefficient (Wildman–Crippen LogP) is 4.26. The molecule has 0 saturated heterocycles. The molecule has 0 unspecified atom stereocenters. The molecule has 0 saturated carbocycles. The molecule has 0 aliphatic heterocycles. The fraction of sp³-hybridized carbons (Fsp3) is 0.214. The highest BCUT2D eigenvalue weighted by atomic mass is 35.5. The van der Waals surface area contributed by atoms with Crippen LogP contribution in [0.4, 0.5) is 11.5 Å². The van der Waals surface area contributed by atoms with E-state index in [-0.39, 0.29) is 5.69 Å². The molecule has 0 bridgehead atoms. The Balaban J connectivity index is 2.00. The third kappa shape index (κ3) is 4.06. The highest BCUT2D eigenvalue weighted by Gasteiger charge is 2.11. The molecule has 1 aromatic carbocycles. The van der Waals surface area contributed by atoms with E-state index >= 15 is 0 Å². The molecule has 110 valence electrons. The Morgan fingerprint density at radius 2 is 2.10 bits per heavy atom. The molecule has 0 aliphatic carbocycles. The average Bonchev–Trinajstić information content (AvgIpc) is 2.42. The summed E-state index contributed by atoms with van der Waals surface area (Å²) in [5.41, 5.74) is 1.54. The lowest BCUT2D eigenvalue weighted by Crippen LogP contribution is -2.07. The van der Waals surface area contributed by atoms with Gasteiger partial charge in [0, 0.05) is 28.4 Å². The number of nitrogens with zero attached hydrogens (tertiary/aromatic N) is 2. The standard InChI is InChI=1S/C14H13Cl2N3O2/c1-9-8-18-14(7-13(9)19(20)21)17-5-4-10-2-3-11(15)6-12(10)16/h2-3,6-8H,4-5H2,1H3,(H,17,18). The van der Waals surface area contributed by atoms with Crippen molar-refractivity contribution in [2.24, 2.45) is 0 Å². The van der Waals surface area contributed by atoms with Crippen LogP contribution < -0.4 is 5.32 Å². The van der Waals surface area contributed by atoms with Gasteiger partial charge in [0.25, 0.3) is 5.69 Å². The molecule has 21 heavy (non-hydrogen) atoms. The summed E-state index contributed by atoms with van der Waals surface area (Å²) in [6, 6.07) is 6.75. The molecule has 7 heteroatoms. The highest BCUT2D eigenvalue weighted by molar-refractivity contribution is 6.35. The van der Waals surface area contributed by atoms with Crippen LogP contribution in [0.5, 0.6) is 0 Å². The van der Waals surface area contributed by atoms with Gasteiger partial charge >= 0.3 is 0 Å². The third-order valence-corrected chi connectivity index (χ3v) is 3.57. The molecule has 0 spiro atoms. The normalized spacial score (nSPS) is 10.4. The second-order valence-electron chi connectivity index (χ2n) is 4.53. The summed E-state index contributed by atoms with van der Waals surface area (Å²) in [6.07, 6.45) is 2.15. The molecule has 1 heterocycles. The van der Waals surface area contributed by atoms with Crippen molar-refractivity contribution in [3.05, 3.63) is 61.7 Å². The van der Waals surface area contributed by atoms with Crippen molar-refractivity contribution in [1.29, 1.82) is 0 Å². The number of hydrogen-bond acceptors (Lipinski definition) is 4. The minimum atomic E-state index is -0.418. The average molecular weight is 326 g/mol. The first-order valence-corrected chi connectivity index (χ1v) is 7.02. The van der Waals surface area contributed by atoms with Gasteiger partial charge in [0.05, 0.1) is 11.0 Å². The Bertz CT molecular complexity index is 677. The van der Waals surface area contributed by atoms with E-state index in [9.17, 15) is 10.1 Å². The molecule has 5 nitrogen and oxygen atoms in total. The fourth-order valence-corrected chi connectivity index (χ4v) is 2.36. The lowest BCUT2D eigenvalue weighted by molar-refractivity contribution is -0.385. The maximum Gasteiger partial charge on any atom is 0.277 e. The van der Waals surface area contributed by atoms with Gasteiger partial charge in [0.2, 0.25) is 0 Å². The Morgan fingerprint density at radius 1 is 1.33 bits per heavy atom. The summed E-state index contributed by atoms with van der Waals surface area (Å²) >= 11 is 11.9. The summed E-state index contributed by atoms with van der Waals surface area (Å²) in [6.45, 7) is 2.22. The zero-order valence-corrected chi connectivity index (χ0v) is 12.8. The smallest absolute Gasteiger partial charge is 0.277 e. The number of pyridine rings is 1. The quantitative estimate of drug-likeness (QED) is 0.658. The van der Waals surface area contributed by atoms with Crippen molar-refractivity contribution in [3.8, 4) is 0 Å². The van der Waals surface area contributed by atoms with Crippen LogP contribution in [-0.2, 0) is 6.42 Å². The molecule has 0 atom stereocenters. The van der Waals surface area contributed by atoms with Crippen molar-refractivity contribution < 1.29 is 4.92 Å². The number of halogens is 2. The van der Waals surface area contributed by atoms with Crippen molar-refractivity contribution >= 4 is 34.7 Å². The molecular formula is C14H13Cl2N3O2. The third-order valence-electron chi connectivity index (χ3n) is 2.99. The number of rotatable bonds is 5. The van der Waals surface area contributed by atoms with Gasteiger partial charge in [-0.1, -0.05) is 29.3 Å². The van der Waals surface area contributed by atoms with Crippen LogP contribution >= 0.6 is 23.2 Å². The van der Waals surface area contributed by atoms with Gasteiger partial charge in [0.1, 0.15) is 5.82 Å². The maximum atomic E-state index is 10.9. The number of anilines is 1. The Hall–Kier alpha value is -1.85. The van der Waals surface area contributed by atoms with E-state index in [0.29, 0.717) is 34.4 Å². The van der Waals surface area contributed by atoms with Gasteiger partial charge in [-0.3, -0.25) is 10.1 Å². The largest absolute Gasteiger partial charge is 0.370 e. The van der Waals surface area contributed by atoms with Crippen molar-refractivity contribution in [2.75, 3.05) is 11.9 Å². The maximum absolute atomic E-state index is 10.9. The number of benzene rings is 1. The Morgan fingerprint density at radius 3 is 2.76 bits per heavy atom.